The van der Waals surface area contributed by atoms with Gasteiger partial charge in [-0.1, -0.05) is 6.07 Å². The van der Waals surface area contributed by atoms with Crippen molar-refractivity contribution in [1.29, 1.82) is 0 Å². The summed E-state index contributed by atoms with van der Waals surface area (Å²) in [5, 5.41) is 0. The van der Waals surface area contributed by atoms with Gasteiger partial charge >= 0.3 is 0 Å². The highest BCUT2D eigenvalue weighted by Crippen LogP contribution is 1.90. The van der Waals surface area contributed by atoms with Crippen molar-refractivity contribution >= 4 is 11.6 Å². The lowest BCUT2D eigenvalue weighted by Gasteiger charge is -1.93. The minimum atomic E-state index is 0.771. The van der Waals surface area contributed by atoms with E-state index in [1.165, 1.54) is 0 Å². The normalized spacial score (nSPS) is 9.91. The molecule has 0 amide bonds. The predicted octanol–water partition coefficient (Wildman–Crippen LogP) is 1.99. The maximum absolute atomic E-state index is 5.56. The number of rotatable bonds is 4. The molecule has 1 aromatic heterocycles. The molecule has 0 N–H and O–H groups in total. The number of unbranched alkanes of at least 4 members (excludes halogenated alkanes) is 1. The van der Waals surface area contributed by atoms with Gasteiger partial charge in [0.2, 0.25) is 0 Å². The Balaban J connectivity index is 2.28. The van der Waals surface area contributed by atoms with E-state index in [4.69, 9.17) is 11.6 Å². The van der Waals surface area contributed by atoms with Crippen molar-refractivity contribution in [2.45, 2.75) is 19.4 Å². The number of halogens is 1. The Bertz CT molecular complexity index is 186. The van der Waals surface area contributed by atoms with Crippen LogP contribution in [-0.4, -0.2) is 5.88 Å². The summed E-state index contributed by atoms with van der Waals surface area (Å²) in [7, 11) is 0. The van der Waals surface area contributed by atoms with E-state index < -0.39 is 0 Å². The first-order valence-electron chi connectivity index (χ1n) is 3.93. The topological polar surface area (TPSA) is 3.88 Å². The first kappa shape index (κ1) is 8.54. The van der Waals surface area contributed by atoms with Crippen LogP contribution < -0.4 is 4.57 Å². The fourth-order valence-electron chi connectivity index (χ4n) is 0.972. The monoisotopic (exact) mass is 170 g/mol. The lowest BCUT2D eigenvalue weighted by Crippen LogP contribution is -2.32. The van der Waals surface area contributed by atoms with Gasteiger partial charge in [-0.2, -0.15) is 0 Å². The maximum Gasteiger partial charge on any atom is 0.168 e. The standard InChI is InChI=1S/C9H13ClN/c10-6-2-5-9-11-7-3-1-4-8-11/h1,3-4,7-8H,2,5-6,9H2/q+1. The lowest BCUT2D eigenvalue weighted by molar-refractivity contribution is -0.697. The molecule has 1 aromatic rings. The van der Waals surface area contributed by atoms with Gasteiger partial charge in [0.15, 0.2) is 12.4 Å². The summed E-state index contributed by atoms with van der Waals surface area (Å²) in [6, 6.07) is 6.11. The van der Waals surface area contributed by atoms with Crippen LogP contribution in [0.1, 0.15) is 12.8 Å². The number of aryl methyl sites for hydroxylation is 1. The Morgan fingerprint density at radius 3 is 2.36 bits per heavy atom. The minimum absolute atomic E-state index is 0.771. The molecule has 0 radical (unpaired) electrons. The van der Waals surface area contributed by atoms with Crippen molar-refractivity contribution in [1.82, 2.24) is 0 Å². The molecule has 0 saturated heterocycles. The lowest BCUT2D eigenvalue weighted by atomic mass is 10.3. The summed E-state index contributed by atoms with van der Waals surface area (Å²) >= 11 is 5.56. The second-order valence-electron chi connectivity index (χ2n) is 2.51. The molecular weight excluding hydrogens is 158 g/mol. The van der Waals surface area contributed by atoms with E-state index in [1.807, 2.05) is 18.2 Å². The number of aromatic nitrogens is 1. The summed E-state index contributed by atoms with van der Waals surface area (Å²) in [5.74, 6) is 0.771. The molecular formula is C9H13ClN+. The summed E-state index contributed by atoms with van der Waals surface area (Å²) in [4.78, 5) is 0. The zero-order valence-corrected chi connectivity index (χ0v) is 7.30. The van der Waals surface area contributed by atoms with Crippen LogP contribution in [0.2, 0.25) is 0 Å². The number of alkyl halides is 1. The summed E-state index contributed by atoms with van der Waals surface area (Å²) < 4.78 is 2.17. The van der Waals surface area contributed by atoms with Crippen LogP contribution in [0, 0.1) is 0 Å². The molecule has 0 aliphatic carbocycles. The molecule has 0 fully saturated rings. The van der Waals surface area contributed by atoms with E-state index in [-0.39, 0.29) is 0 Å². The van der Waals surface area contributed by atoms with E-state index in [2.05, 4.69) is 17.0 Å². The van der Waals surface area contributed by atoms with Gasteiger partial charge in [0.1, 0.15) is 6.54 Å². The molecule has 0 aliphatic heterocycles. The van der Waals surface area contributed by atoms with Crippen molar-refractivity contribution in [2.24, 2.45) is 0 Å². The molecule has 0 saturated carbocycles. The SMILES string of the molecule is ClCCCC[n+]1ccccc1. The minimum Gasteiger partial charge on any atom is -0.205 e. The second-order valence-corrected chi connectivity index (χ2v) is 2.89. The van der Waals surface area contributed by atoms with E-state index >= 15 is 0 Å². The van der Waals surface area contributed by atoms with Gasteiger partial charge in [0, 0.05) is 24.4 Å². The smallest absolute Gasteiger partial charge is 0.168 e. The van der Waals surface area contributed by atoms with Crippen LogP contribution in [-0.2, 0) is 6.54 Å². The van der Waals surface area contributed by atoms with Crippen LogP contribution in [0.15, 0.2) is 30.6 Å². The van der Waals surface area contributed by atoms with E-state index in [9.17, 15) is 0 Å². The highest BCUT2D eigenvalue weighted by Gasteiger charge is 1.95. The van der Waals surface area contributed by atoms with Gasteiger partial charge in [0.25, 0.3) is 0 Å². The molecule has 0 atom stereocenters. The van der Waals surface area contributed by atoms with Gasteiger partial charge < -0.3 is 0 Å². The molecule has 0 aliphatic rings. The molecule has 1 nitrogen and oxygen atoms in total. The van der Waals surface area contributed by atoms with Crippen molar-refractivity contribution < 1.29 is 4.57 Å². The summed E-state index contributed by atoms with van der Waals surface area (Å²) in [5.41, 5.74) is 0. The first-order valence-corrected chi connectivity index (χ1v) is 4.47. The van der Waals surface area contributed by atoms with Gasteiger partial charge in [0.05, 0.1) is 0 Å². The fraction of sp³-hybridized carbons (Fsp3) is 0.444. The molecule has 0 bridgehead atoms. The Kier molecular flexibility index (Phi) is 3.99. The van der Waals surface area contributed by atoms with Crippen molar-refractivity contribution in [3.63, 3.8) is 0 Å². The molecule has 60 valence electrons. The van der Waals surface area contributed by atoms with Crippen LogP contribution in [0.3, 0.4) is 0 Å². The van der Waals surface area contributed by atoms with Crippen molar-refractivity contribution in [3.8, 4) is 0 Å². The Morgan fingerprint density at radius 2 is 1.73 bits per heavy atom. The van der Waals surface area contributed by atoms with E-state index in [0.717, 1.165) is 25.3 Å². The molecule has 1 rings (SSSR count). The highest BCUT2D eigenvalue weighted by molar-refractivity contribution is 6.17. The van der Waals surface area contributed by atoms with Crippen molar-refractivity contribution in [3.05, 3.63) is 30.6 Å². The molecule has 1 heterocycles. The Morgan fingerprint density at radius 1 is 1.00 bits per heavy atom. The first-order chi connectivity index (χ1) is 5.43. The highest BCUT2D eigenvalue weighted by atomic mass is 35.5. The van der Waals surface area contributed by atoms with Crippen LogP contribution in [0.5, 0.6) is 0 Å². The van der Waals surface area contributed by atoms with E-state index in [1.54, 1.807) is 0 Å². The average molecular weight is 171 g/mol. The zero-order chi connectivity index (χ0) is 7.94. The molecule has 0 spiro atoms. The van der Waals surface area contributed by atoms with Gasteiger partial charge in [-0.3, -0.25) is 0 Å². The quantitative estimate of drug-likeness (QED) is 0.370. The van der Waals surface area contributed by atoms with Gasteiger partial charge in [-0.05, 0) is 6.42 Å². The van der Waals surface area contributed by atoms with Gasteiger partial charge in [-0.25, -0.2) is 4.57 Å². The Labute approximate surface area is 72.6 Å². The molecule has 0 aromatic carbocycles. The van der Waals surface area contributed by atoms with Crippen molar-refractivity contribution in [2.75, 3.05) is 5.88 Å². The molecule has 2 heteroatoms. The number of nitrogens with zero attached hydrogens (tertiary/aromatic N) is 1. The van der Waals surface area contributed by atoms with Crippen LogP contribution in [0.25, 0.3) is 0 Å². The fourth-order valence-corrected chi connectivity index (χ4v) is 1.16. The van der Waals surface area contributed by atoms with E-state index in [0.29, 0.717) is 0 Å². The largest absolute Gasteiger partial charge is 0.205 e. The second kappa shape index (κ2) is 5.14. The number of hydrogen-bond acceptors (Lipinski definition) is 0. The molecule has 0 unspecified atom stereocenters. The Hall–Kier alpha value is -0.560. The average Bonchev–Trinajstić information content (AvgIpc) is 2.07. The van der Waals surface area contributed by atoms with Crippen LogP contribution >= 0.6 is 11.6 Å². The zero-order valence-electron chi connectivity index (χ0n) is 6.54. The maximum atomic E-state index is 5.56. The molecule has 11 heavy (non-hydrogen) atoms. The van der Waals surface area contributed by atoms with Gasteiger partial charge in [-0.15, -0.1) is 11.6 Å². The summed E-state index contributed by atoms with van der Waals surface area (Å²) in [6.07, 6.45) is 6.42. The predicted molar refractivity (Wildman–Crippen MR) is 46.6 cm³/mol. The number of hydrogen-bond donors (Lipinski definition) is 0. The van der Waals surface area contributed by atoms with Crippen LogP contribution in [0.4, 0.5) is 0 Å². The third kappa shape index (κ3) is 3.38. The summed E-state index contributed by atoms with van der Waals surface area (Å²) in [6.45, 7) is 1.08. The third-order valence-corrected chi connectivity index (χ3v) is 1.84. The third-order valence-electron chi connectivity index (χ3n) is 1.58. The number of pyridine rings is 1.